The van der Waals surface area contributed by atoms with Crippen molar-refractivity contribution in [3.05, 3.63) is 18.0 Å². The molecule has 0 saturated carbocycles. The first-order valence-electron chi connectivity index (χ1n) is 5.97. The number of hydrogen-bond acceptors (Lipinski definition) is 4. The van der Waals surface area contributed by atoms with Crippen molar-refractivity contribution >= 4 is 11.2 Å². The number of nitrogens with one attached hydrogen (secondary N) is 1. The number of H-pyrrole nitrogens is 1. The van der Waals surface area contributed by atoms with Gasteiger partial charge in [-0.2, -0.15) is 4.98 Å². The van der Waals surface area contributed by atoms with E-state index < -0.39 is 0 Å². The Kier molecular flexibility index (Phi) is 3.58. The lowest BCUT2D eigenvalue weighted by Gasteiger charge is -2.04. The highest BCUT2D eigenvalue weighted by Crippen LogP contribution is 2.15. The zero-order chi connectivity index (χ0) is 12.3. The first kappa shape index (κ1) is 11.9. The van der Waals surface area contributed by atoms with Gasteiger partial charge in [0.2, 0.25) is 5.88 Å². The number of rotatable bonds is 5. The fraction of sp³-hybridized carbons (Fsp3) is 0.500. The predicted molar refractivity (Wildman–Crippen MR) is 67.0 cm³/mol. The minimum absolute atomic E-state index is 0.141. The van der Waals surface area contributed by atoms with E-state index in [4.69, 9.17) is 10.5 Å². The Hall–Kier alpha value is -1.62. The Labute approximate surface area is 100 Å². The van der Waals surface area contributed by atoms with Gasteiger partial charge >= 0.3 is 0 Å². The summed E-state index contributed by atoms with van der Waals surface area (Å²) in [6, 6.07) is 3.91. The smallest absolute Gasteiger partial charge is 0.215 e. The SMILES string of the molecule is CCOc1ccc2[nH]c(CC(N)CC)nc2n1. The summed E-state index contributed by atoms with van der Waals surface area (Å²) < 4.78 is 5.34. The van der Waals surface area contributed by atoms with Crippen molar-refractivity contribution in [1.29, 1.82) is 0 Å². The highest BCUT2D eigenvalue weighted by Gasteiger charge is 2.08. The third kappa shape index (κ3) is 2.74. The van der Waals surface area contributed by atoms with Crippen molar-refractivity contribution in [2.24, 2.45) is 5.73 Å². The molecule has 5 heteroatoms. The van der Waals surface area contributed by atoms with Gasteiger partial charge in [0.25, 0.3) is 0 Å². The van der Waals surface area contributed by atoms with E-state index in [0.29, 0.717) is 18.1 Å². The number of fused-ring (bicyclic) bond motifs is 1. The molecule has 0 fully saturated rings. The van der Waals surface area contributed by atoms with E-state index in [1.54, 1.807) is 0 Å². The van der Waals surface area contributed by atoms with Gasteiger partial charge in [-0.1, -0.05) is 6.92 Å². The molecule has 0 aliphatic carbocycles. The second-order valence-corrected chi connectivity index (χ2v) is 4.01. The molecule has 2 aromatic rings. The van der Waals surface area contributed by atoms with Gasteiger partial charge in [0.05, 0.1) is 12.1 Å². The fourth-order valence-electron chi connectivity index (χ4n) is 1.64. The first-order valence-corrected chi connectivity index (χ1v) is 5.97. The van der Waals surface area contributed by atoms with E-state index in [1.807, 2.05) is 19.1 Å². The number of hydrogen-bond donors (Lipinski definition) is 2. The van der Waals surface area contributed by atoms with Crippen LogP contribution in [0.3, 0.4) is 0 Å². The van der Waals surface area contributed by atoms with E-state index in [0.717, 1.165) is 24.2 Å². The number of ether oxygens (including phenoxy) is 1. The van der Waals surface area contributed by atoms with Crippen LogP contribution in [0.1, 0.15) is 26.1 Å². The van der Waals surface area contributed by atoms with Crippen molar-refractivity contribution in [3.8, 4) is 5.88 Å². The van der Waals surface area contributed by atoms with E-state index in [2.05, 4.69) is 21.9 Å². The van der Waals surface area contributed by atoms with Crippen molar-refractivity contribution in [1.82, 2.24) is 15.0 Å². The van der Waals surface area contributed by atoms with Crippen LogP contribution in [0.5, 0.6) is 5.88 Å². The lowest BCUT2D eigenvalue weighted by molar-refractivity contribution is 0.328. The maximum absolute atomic E-state index is 5.90. The summed E-state index contributed by atoms with van der Waals surface area (Å²) in [4.78, 5) is 12.0. The molecule has 0 saturated heterocycles. The summed E-state index contributed by atoms with van der Waals surface area (Å²) in [5, 5.41) is 0. The van der Waals surface area contributed by atoms with Gasteiger partial charge in [0.1, 0.15) is 5.82 Å². The van der Waals surface area contributed by atoms with Gasteiger partial charge < -0.3 is 15.5 Å². The van der Waals surface area contributed by atoms with Crippen LogP contribution in [0.4, 0.5) is 0 Å². The van der Waals surface area contributed by atoms with Crippen LogP contribution in [0.15, 0.2) is 12.1 Å². The highest BCUT2D eigenvalue weighted by atomic mass is 16.5. The molecule has 2 heterocycles. The molecule has 2 rings (SSSR count). The summed E-state index contributed by atoms with van der Waals surface area (Å²) in [5.74, 6) is 1.49. The first-order chi connectivity index (χ1) is 8.22. The maximum Gasteiger partial charge on any atom is 0.215 e. The second-order valence-electron chi connectivity index (χ2n) is 4.01. The van der Waals surface area contributed by atoms with Gasteiger partial charge in [0, 0.05) is 18.5 Å². The average molecular weight is 234 g/mol. The molecule has 1 unspecified atom stereocenters. The van der Waals surface area contributed by atoms with Crippen LogP contribution in [-0.2, 0) is 6.42 Å². The number of pyridine rings is 1. The molecule has 3 N–H and O–H groups in total. The molecule has 17 heavy (non-hydrogen) atoms. The van der Waals surface area contributed by atoms with Gasteiger partial charge in [-0.25, -0.2) is 4.98 Å². The Balaban J connectivity index is 2.24. The van der Waals surface area contributed by atoms with Crippen molar-refractivity contribution in [3.63, 3.8) is 0 Å². The molecule has 0 spiro atoms. The molecule has 0 amide bonds. The minimum atomic E-state index is 0.141. The lowest BCUT2D eigenvalue weighted by atomic mass is 10.2. The minimum Gasteiger partial charge on any atom is -0.478 e. The zero-order valence-electron chi connectivity index (χ0n) is 10.2. The van der Waals surface area contributed by atoms with Crippen molar-refractivity contribution in [2.75, 3.05) is 6.61 Å². The number of nitrogens with two attached hydrogens (primary N) is 1. The number of imidazole rings is 1. The fourth-order valence-corrected chi connectivity index (χ4v) is 1.64. The molecule has 92 valence electrons. The monoisotopic (exact) mass is 234 g/mol. The standard InChI is InChI=1S/C12H18N4O/c1-3-8(13)7-10-14-9-5-6-11(17-4-2)16-12(9)15-10/h5-6,8H,3-4,7,13H2,1-2H3,(H,14,15,16). The summed E-state index contributed by atoms with van der Waals surface area (Å²) in [7, 11) is 0. The normalized spacial score (nSPS) is 12.9. The molecule has 0 aromatic carbocycles. The van der Waals surface area contributed by atoms with Gasteiger partial charge in [-0.05, 0) is 19.4 Å². The quantitative estimate of drug-likeness (QED) is 0.824. The molecule has 5 nitrogen and oxygen atoms in total. The third-order valence-corrected chi connectivity index (χ3v) is 2.64. The van der Waals surface area contributed by atoms with Gasteiger partial charge in [0.15, 0.2) is 5.65 Å². The summed E-state index contributed by atoms with van der Waals surface area (Å²) in [5.41, 5.74) is 7.51. The Morgan fingerprint density at radius 2 is 2.18 bits per heavy atom. The summed E-state index contributed by atoms with van der Waals surface area (Å²) >= 11 is 0. The number of nitrogens with zero attached hydrogens (tertiary/aromatic N) is 2. The molecular weight excluding hydrogens is 216 g/mol. The second kappa shape index (κ2) is 5.14. The summed E-state index contributed by atoms with van der Waals surface area (Å²) in [6.07, 6.45) is 1.69. The molecule has 0 aliphatic heterocycles. The maximum atomic E-state index is 5.90. The topological polar surface area (TPSA) is 76.8 Å². The third-order valence-electron chi connectivity index (χ3n) is 2.64. The van der Waals surface area contributed by atoms with E-state index in [1.165, 1.54) is 0 Å². The highest BCUT2D eigenvalue weighted by molar-refractivity contribution is 5.71. The van der Waals surface area contributed by atoms with Crippen LogP contribution in [0.25, 0.3) is 11.2 Å². The van der Waals surface area contributed by atoms with Gasteiger partial charge in [-0.3, -0.25) is 0 Å². The van der Waals surface area contributed by atoms with Crippen LogP contribution in [-0.4, -0.2) is 27.6 Å². The van der Waals surface area contributed by atoms with Gasteiger partial charge in [-0.15, -0.1) is 0 Å². The zero-order valence-corrected chi connectivity index (χ0v) is 10.2. The number of aromatic nitrogens is 3. The van der Waals surface area contributed by atoms with E-state index in [-0.39, 0.29) is 6.04 Å². The van der Waals surface area contributed by atoms with Crippen LogP contribution in [0.2, 0.25) is 0 Å². The van der Waals surface area contributed by atoms with Crippen LogP contribution >= 0.6 is 0 Å². The largest absolute Gasteiger partial charge is 0.478 e. The molecule has 0 radical (unpaired) electrons. The Morgan fingerprint density at radius 3 is 2.88 bits per heavy atom. The molecular formula is C12H18N4O. The predicted octanol–water partition coefficient (Wildman–Crippen LogP) is 1.64. The molecule has 0 aliphatic rings. The number of aromatic amines is 1. The van der Waals surface area contributed by atoms with E-state index in [9.17, 15) is 0 Å². The van der Waals surface area contributed by atoms with Crippen LogP contribution < -0.4 is 10.5 Å². The van der Waals surface area contributed by atoms with Crippen LogP contribution in [0, 0.1) is 0 Å². The van der Waals surface area contributed by atoms with Crippen molar-refractivity contribution < 1.29 is 4.74 Å². The lowest BCUT2D eigenvalue weighted by Crippen LogP contribution is -2.21. The van der Waals surface area contributed by atoms with E-state index >= 15 is 0 Å². The van der Waals surface area contributed by atoms with Crippen molar-refractivity contribution in [2.45, 2.75) is 32.7 Å². The Morgan fingerprint density at radius 1 is 1.35 bits per heavy atom. The summed E-state index contributed by atoms with van der Waals surface area (Å²) in [6.45, 7) is 4.61. The molecule has 1 atom stereocenters. The molecule has 0 bridgehead atoms. The molecule has 2 aromatic heterocycles. The average Bonchev–Trinajstić information content (AvgIpc) is 2.70. The Bertz CT molecular complexity index is 494.